The molecule has 0 spiro atoms. The van der Waals surface area contributed by atoms with Crippen LogP contribution in [0.1, 0.15) is 18.4 Å². The van der Waals surface area contributed by atoms with Crippen LogP contribution in [0.3, 0.4) is 0 Å². The van der Waals surface area contributed by atoms with E-state index in [9.17, 15) is 4.79 Å². The van der Waals surface area contributed by atoms with Crippen LogP contribution in [0.15, 0.2) is 41.5 Å². The smallest absolute Gasteiger partial charge is 0.259 e. The van der Waals surface area contributed by atoms with Crippen LogP contribution in [-0.2, 0) is 4.79 Å². The number of carbonyl (C=O) groups is 1. The third kappa shape index (κ3) is 2.74. The van der Waals surface area contributed by atoms with Gasteiger partial charge in [0.25, 0.3) is 5.91 Å². The van der Waals surface area contributed by atoms with Gasteiger partial charge in [0, 0.05) is 17.3 Å². The molecule has 1 fully saturated rings. The molecular formula is C16H19N3O. The van der Waals surface area contributed by atoms with E-state index in [0.29, 0.717) is 11.8 Å². The third-order valence-electron chi connectivity index (χ3n) is 3.99. The minimum atomic E-state index is -0.104. The average molecular weight is 269 g/mol. The van der Waals surface area contributed by atoms with Gasteiger partial charge >= 0.3 is 0 Å². The Morgan fingerprint density at radius 3 is 2.90 bits per heavy atom. The number of carbonyl (C=O) groups excluding carboxylic acids is 1. The molecule has 2 aliphatic carbocycles. The van der Waals surface area contributed by atoms with Crippen LogP contribution in [0.25, 0.3) is 0 Å². The van der Waals surface area contributed by atoms with E-state index in [-0.39, 0.29) is 12.5 Å². The first-order valence-electron chi connectivity index (χ1n) is 7.05. The van der Waals surface area contributed by atoms with Crippen LogP contribution in [0, 0.1) is 18.8 Å². The van der Waals surface area contributed by atoms with E-state index in [4.69, 9.17) is 0 Å². The maximum absolute atomic E-state index is 11.7. The van der Waals surface area contributed by atoms with Gasteiger partial charge in [-0.3, -0.25) is 4.79 Å². The zero-order chi connectivity index (χ0) is 13.9. The zero-order valence-corrected chi connectivity index (χ0v) is 11.6. The number of anilines is 1. The van der Waals surface area contributed by atoms with Crippen molar-refractivity contribution >= 4 is 17.3 Å². The third-order valence-corrected chi connectivity index (χ3v) is 3.99. The van der Waals surface area contributed by atoms with Crippen LogP contribution < -0.4 is 10.7 Å². The van der Waals surface area contributed by atoms with E-state index >= 15 is 0 Å². The molecule has 4 heteroatoms. The first-order valence-corrected chi connectivity index (χ1v) is 7.05. The van der Waals surface area contributed by atoms with Gasteiger partial charge in [-0.1, -0.05) is 29.8 Å². The second-order valence-electron chi connectivity index (χ2n) is 5.50. The van der Waals surface area contributed by atoms with Crippen LogP contribution in [0.4, 0.5) is 5.69 Å². The monoisotopic (exact) mass is 269 g/mol. The highest BCUT2D eigenvalue weighted by Gasteiger charge is 2.37. The lowest BCUT2D eigenvalue weighted by Gasteiger charge is -2.31. The number of benzene rings is 1. The molecule has 1 amide bonds. The van der Waals surface area contributed by atoms with Crippen molar-refractivity contribution in [2.45, 2.75) is 19.8 Å². The average Bonchev–Trinajstić information content (AvgIpc) is 2.80. The summed E-state index contributed by atoms with van der Waals surface area (Å²) in [5, 5.41) is 7.32. The topological polar surface area (TPSA) is 53.5 Å². The number of hydrogen-bond acceptors (Lipinski definition) is 3. The number of hydrazone groups is 1. The summed E-state index contributed by atoms with van der Waals surface area (Å²) in [4.78, 5) is 11.7. The van der Waals surface area contributed by atoms with E-state index in [1.54, 1.807) is 0 Å². The van der Waals surface area contributed by atoms with Gasteiger partial charge in [0.1, 0.15) is 0 Å². The number of hydrogen-bond donors (Lipinski definition) is 2. The fourth-order valence-electron chi connectivity index (χ4n) is 2.69. The lowest BCUT2D eigenvalue weighted by molar-refractivity contribution is -0.119. The summed E-state index contributed by atoms with van der Waals surface area (Å²) in [6, 6.07) is 7.97. The second kappa shape index (κ2) is 5.49. The molecule has 3 rings (SSSR count). The Hall–Kier alpha value is -2.10. The maximum atomic E-state index is 11.7. The standard InChI is InChI=1S/C16H19N3O/c1-11-5-7-13(8-6-11)17-10-16(20)19-18-15-9-12-3-2-4-14(12)15/h2-3,5-8,12,14,17H,4,9-10H2,1H3,(H,19,20)/b18-15+/t12-,14-/m1/s1. The fraction of sp³-hybridized carbons (Fsp3) is 0.375. The fourth-order valence-corrected chi connectivity index (χ4v) is 2.69. The van der Waals surface area contributed by atoms with Crippen LogP contribution in [-0.4, -0.2) is 18.2 Å². The highest BCUT2D eigenvalue weighted by molar-refractivity contribution is 5.95. The van der Waals surface area contributed by atoms with Gasteiger partial charge in [-0.05, 0) is 37.8 Å². The predicted molar refractivity (Wildman–Crippen MR) is 80.6 cm³/mol. The largest absolute Gasteiger partial charge is 0.376 e. The summed E-state index contributed by atoms with van der Waals surface area (Å²) in [5.41, 5.74) is 5.92. The number of nitrogens with one attached hydrogen (secondary N) is 2. The zero-order valence-electron chi connectivity index (χ0n) is 11.6. The number of fused-ring (bicyclic) bond motifs is 1. The Kier molecular flexibility index (Phi) is 3.54. The predicted octanol–water partition coefficient (Wildman–Crippen LogP) is 2.48. The van der Waals surface area contributed by atoms with E-state index in [1.165, 1.54) is 5.56 Å². The second-order valence-corrected chi connectivity index (χ2v) is 5.50. The Labute approximate surface area is 119 Å². The number of aryl methyl sites for hydroxylation is 1. The van der Waals surface area contributed by atoms with Gasteiger partial charge in [-0.2, -0.15) is 5.10 Å². The molecule has 1 aromatic carbocycles. The summed E-state index contributed by atoms with van der Waals surface area (Å²) in [7, 11) is 0. The molecule has 0 saturated heterocycles. The molecule has 1 saturated carbocycles. The molecule has 4 nitrogen and oxygen atoms in total. The van der Waals surface area contributed by atoms with E-state index in [1.807, 2.05) is 31.2 Å². The Morgan fingerprint density at radius 1 is 1.35 bits per heavy atom. The molecule has 20 heavy (non-hydrogen) atoms. The molecule has 0 aliphatic heterocycles. The van der Waals surface area contributed by atoms with Gasteiger partial charge in [0.05, 0.1) is 6.54 Å². The summed E-state index contributed by atoms with van der Waals surface area (Å²) >= 11 is 0. The van der Waals surface area contributed by atoms with E-state index in [0.717, 1.165) is 24.2 Å². The van der Waals surface area contributed by atoms with E-state index in [2.05, 4.69) is 28.0 Å². The first kappa shape index (κ1) is 12.9. The number of nitrogens with zero attached hydrogens (tertiary/aromatic N) is 1. The SMILES string of the molecule is Cc1ccc(NCC(=O)N/N=C2\C[C@H]3C=CC[C@@H]23)cc1. The lowest BCUT2D eigenvalue weighted by Crippen LogP contribution is -2.36. The molecule has 0 heterocycles. The first-order chi connectivity index (χ1) is 9.72. The molecular weight excluding hydrogens is 250 g/mol. The van der Waals surface area contributed by atoms with Crippen molar-refractivity contribution in [3.63, 3.8) is 0 Å². The van der Waals surface area contributed by atoms with Gasteiger partial charge in [-0.25, -0.2) is 5.43 Å². The van der Waals surface area contributed by atoms with Crippen LogP contribution in [0.5, 0.6) is 0 Å². The lowest BCUT2D eigenvalue weighted by atomic mass is 9.74. The minimum absolute atomic E-state index is 0.104. The Morgan fingerprint density at radius 2 is 2.15 bits per heavy atom. The summed E-state index contributed by atoms with van der Waals surface area (Å²) in [6.45, 7) is 2.28. The highest BCUT2D eigenvalue weighted by Crippen LogP contribution is 2.39. The molecule has 104 valence electrons. The van der Waals surface area contributed by atoms with Crippen molar-refractivity contribution in [2.75, 3.05) is 11.9 Å². The van der Waals surface area contributed by atoms with Gasteiger partial charge in [0.2, 0.25) is 0 Å². The maximum Gasteiger partial charge on any atom is 0.259 e. The molecule has 2 aliphatic rings. The van der Waals surface area contributed by atoms with Crippen molar-refractivity contribution in [3.8, 4) is 0 Å². The molecule has 0 aromatic heterocycles. The van der Waals surface area contributed by atoms with Crippen molar-refractivity contribution in [1.82, 2.24) is 5.43 Å². The number of allylic oxidation sites excluding steroid dienone is 2. The number of amides is 1. The summed E-state index contributed by atoms with van der Waals surface area (Å²) in [5.74, 6) is 1.10. The molecule has 0 radical (unpaired) electrons. The minimum Gasteiger partial charge on any atom is -0.376 e. The highest BCUT2D eigenvalue weighted by atomic mass is 16.2. The molecule has 0 bridgehead atoms. The van der Waals surface area contributed by atoms with Crippen LogP contribution in [0.2, 0.25) is 0 Å². The van der Waals surface area contributed by atoms with Gasteiger partial charge in [0.15, 0.2) is 0 Å². The normalized spacial score (nSPS) is 25.1. The van der Waals surface area contributed by atoms with Crippen molar-refractivity contribution in [1.29, 1.82) is 0 Å². The van der Waals surface area contributed by atoms with Crippen molar-refractivity contribution < 1.29 is 4.79 Å². The number of rotatable bonds is 4. The Bertz CT molecular complexity index is 560. The Balaban J connectivity index is 1.44. The molecule has 0 unspecified atom stereocenters. The summed E-state index contributed by atoms with van der Waals surface area (Å²) in [6.07, 6.45) is 6.52. The van der Waals surface area contributed by atoms with Crippen molar-refractivity contribution in [2.24, 2.45) is 16.9 Å². The quantitative estimate of drug-likeness (QED) is 0.651. The van der Waals surface area contributed by atoms with E-state index < -0.39 is 0 Å². The molecule has 2 atom stereocenters. The molecule has 2 N–H and O–H groups in total. The van der Waals surface area contributed by atoms with Gasteiger partial charge < -0.3 is 5.32 Å². The van der Waals surface area contributed by atoms with Crippen LogP contribution >= 0.6 is 0 Å². The summed E-state index contributed by atoms with van der Waals surface area (Å²) < 4.78 is 0. The van der Waals surface area contributed by atoms with Crippen molar-refractivity contribution in [3.05, 3.63) is 42.0 Å². The van der Waals surface area contributed by atoms with Gasteiger partial charge in [-0.15, -0.1) is 0 Å². The molecule has 1 aromatic rings.